The third kappa shape index (κ3) is 3.21. The van der Waals surface area contributed by atoms with Gasteiger partial charge in [-0.2, -0.15) is 0 Å². The number of primary amides is 1. The van der Waals surface area contributed by atoms with Crippen molar-refractivity contribution in [2.24, 2.45) is 5.73 Å². The number of hydrogen-bond donors (Lipinski definition) is 3. The Balaban J connectivity index is 3.08. The number of furan rings is 1. The fourth-order valence-electron chi connectivity index (χ4n) is 1.72. The number of nitrogens with zero attached hydrogens (tertiary/aromatic N) is 1. The summed E-state index contributed by atoms with van der Waals surface area (Å²) >= 11 is 0. The van der Waals surface area contributed by atoms with Crippen LogP contribution in [0.25, 0.3) is 0 Å². The van der Waals surface area contributed by atoms with E-state index in [1.165, 1.54) is 0 Å². The lowest BCUT2D eigenvalue weighted by atomic mass is 10.1. The summed E-state index contributed by atoms with van der Waals surface area (Å²) in [5, 5.41) is 12.0. The van der Waals surface area contributed by atoms with E-state index in [2.05, 4.69) is 5.32 Å². The zero-order valence-corrected chi connectivity index (χ0v) is 10.4. The second-order valence-electron chi connectivity index (χ2n) is 3.99. The van der Waals surface area contributed by atoms with Crippen molar-refractivity contribution in [3.63, 3.8) is 0 Å². The molecule has 0 saturated heterocycles. The molecule has 1 aromatic heterocycles. The van der Waals surface area contributed by atoms with Crippen molar-refractivity contribution in [2.45, 2.75) is 19.9 Å². The minimum absolute atomic E-state index is 0.0661. The molecule has 6 nitrogen and oxygen atoms in total. The molecule has 1 aromatic rings. The average Bonchev–Trinajstić information content (AvgIpc) is 2.56. The second kappa shape index (κ2) is 5.70. The molecule has 0 atom stereocenters. The summed E-state index contributed by atoms with van der Waals surface area (Å²) in [4.78, 5) is 12.7. The maximum absolute atomic E-state index is 11.0. The molecule has 0 radical (unpaired) electrons. The van der Waals surface area contributed by atoms with Gasteiger partial charge in [0.2, 0.25) is 5.91 Å². The summed E-state index contributed by atoms with van der Waals surface area (Å²) in [5.41, 5.74) is 6.87. The highest BCUT2D eigenvalue weighted by Gasteiger charge is 2.19. The van der Waals surface area contributed by atoms with Crippen LogP contribution in [0.3, 0.4) is 0 Å². The standard InChI is InChI=1S/C11H19N3O3/c1-7-8(4-10(12)16)9(5-14(3)6-15)11(13-2)17-7/h13,15H,4-6H2,1-3H3,(H2,12,16). The Morgan fingerprint density at radius 3 is 2.65 bits per heavy atom. The molecule has 4 N–H and O–H groups in total. The van der Waals surface area contributed by atoms with Crippen LogP contribution in [-0.2, 0) is 17.8 Å². The summed E-state index contributed by atoms with van der Waals surface area (Å²) in [6.07, 6.45) is 0.144. The van der Waals surface area contributed by atoms with Gasteiger partial charge in [-0.1, -0.05) is 0 Å². The van der Waals surface area contributed by atoms with Gasteiger partial charge >= 0.3 is 0 Å². The number of nitrogens with one attached hydrogen (secondary N) is 1. The molecule has 1 heterocycles. The van der Waals surface area contributed by atoms with Gasteiger partial charge in [-0.25, -0.2) is 0 Å². The van der Waals surface area contributed by atoms with Crippen LogP contribution < -0.4 is 11.1 Å². The summed E-state index contributed by atoms with van der Waals surface area (Å²) in [6.45, 7) is 2.22. The minimum Gasteiger partial charge on any atom is -0.445 e. The summed E-state index contributed by atoms with van der Waals surface area (Å²) in [6, 6.07) is 0. The molecule has 0 aliphatic rings. The number of amides is 1. The first-order valence-electron chi connectivity index (χ1n) is 5.36. The van der Waals surface area contributed by atoms with Crippen molar-refractivity contribution < 1.29 is 14.3 Å². The molecule has 0 bridgehead atoms. The molecule has 6 heteroatoms. The lowest BCUT2D eigenvalue weighted by Crippen LogP contribution is -2.21. The van der Waals surface area contributed by atoms with Gasteiger partial charge < -0.3 is 20.6 Å². The van der Waals surface area contributed by atoms with Gasteiger partial charge in [-0.3, -0.25) is 9.69 Å². The van der Waals surface area contributed by atoms with Gasteiger partial charge in [0.15, 0.2) is 5.88 Å². The number of aryl methyl sites for hydroxylation is 1. The molecule has 17 heavy (non-hydrogen) atoms. The molecular formula is C11H19N3O3. The molecule has 1 amide bonds. The van der Waals surface area contributed by atoms with Gasteiger partial charge in [-0.15, -0.1) is 0 Å². The Bertz CT molecular complexity index is 401. The molecule has 0 aromatic carbocycles. The smallest absolute Gasteiger partial charge is 0.221 e. The van der Waals surface area contributed by atoms with E-state index >= 15 is 0 Å². The molecular weight excluding hydrogens is 222 g/mol. The first-order chi connectivity index (χ1) is 7.99. The number of nitrogens with two attached hydrogens (primary N) is 1. The fraction of sp³-hybridized carbons (Fsp3) is 0.545. The third-order valence-electron chi connectivity index (χ3n) is 2.57. The Labute approximate surface area is 100 Å². The van der Waals surface area contributed by atoms with E-state index in [0.717, 1.165) is 11.1 Å². The summed E-state index contributed by atoms with van der Waals surface area (Å²) in [5.74, 6) is 0.887. The second-order valence-corrected chi connectivity index (χ2v) is 3.99. The van der Waals surface area contributed by atoms with Crippen LogP contribution in [-0.4, -0.2) is 36.7 Å². The van der Waals surface area contributed by atoms with Crippen LogP contribution in [0.5, 0.6) is 0 Å². The SMILES string of the molecule is CNc1oc(C)c(CC(N)=O)c1CN(C)CO. The van der Waals surface area contributed by atoms with Crippen molar-refractivity contribution in [3.8, 4) is 0 Å². The van der Waals surface area contributed by atoms with Gasteiger partial charge in [0.05, 0.1) is 13.2 Å². The quantitative estimate of drug-likeness (QED) is 0.612. The first kappa shape index (κ1) is 13.5. The number of aliphatic hydroxyl groups excluding tert-OH is 1. The Kier molecular flexibility index (Phi) is 4.53. The molecule has 0 saturated carbocycles. The highest BCUT2D eigenvalue weighted by atomic mass is 16.4. The van der Waals surface area contributed by atoms with E-state index in [1.807, 2.05) is 0 Å². The number of carbonyl (C=O) groups excluding carboxylic acids is 1. The van der Waals surface area contributed by atoms with Gasteiger partial charge in [0.1, 0.15) is 5.76 Å². The number of aliphatic hydroxyl groups is 1. The van der Waals surface area contributed by atoms with E-state index in [4.69, 9.17) is 15.3 Å². The van der Waals surface area contributed by atoms with Crippen molar-refractivity contribution in [1.29, 1.82) is 0 Å². The normalized spacial score (nSPS) is 10.9. The zero-order valence-electron chi connectivity index (χ0n) is 10.4. The average molecular weight is 241 g/mol. The van der Waals surface area contributed by atoms with Gasteiger partial charge in [0.25, 0.3) is 0 Å². The zero-order chi connectivity index (χ0) is 13.0. The molecule has 1 rings (SSSR count). The molecule has 96 valence electrons. The van der Waals surface area contributed by atoms with Crippen LogP contribution >= 0.6 is 0 Å². The van der Waals surface area contributed by atoms with E-state index < -0.39 is 5.91 Å². The Hall–Kier alpha value is -1.53. The Morgan fingerprint density at radius 2 is 2.18 bits per heavy atom. The lowest BCUT2D eigenvalue weighted by Gasteiger charge is -2.14. The van der Waals surface area contributed by atoms with Gasteiger partial charge in [0, 0.05) is 24.7 Å². The van der Waals surface area contributed by atoms with Crippen LogP contribution in [0.1, 0.15) is 16.9 Å². The number of hydrogen-bond acceptors (Lipinski definition) is 5. The van der Waals surface area contributed by atoms with E-state index in [0.29, 0.717) is 18.2 Å². The maximum Gasteiger partial charge on any atom is 0.221 e. The predicted octanol–water partition coefficient (Wildman–Crippen LogP) is 0.0391. The molecule has 0 aliphatic heterocycles. The molecule has 0 unspecified atom stereocenters. The first-order valence-corrected chi connectivity index (χ1v) is 5.36. The van der Waals surface area contributed by atoms with E-state index in [1.54, 1.807) is 25.9 Å². The van der Waals surface area contributed by atoms with Crippen LogP contribution in [0.2, 0.25) is 0 Å². The summed E-state index contributed by atoms with van der Waals surface area (Å²) < 4.78 is 5.51. The highest BCUT2D eigenvalue weighted by Crippen LogP contribution is 2.28. The van der Waals surface area contributed by atoms with E-state index in [9.17, 15) is 4.79 Å². The van der Waals surface area contributed by atoms with Crippen LogP contribution in [0.15, 0.2) is 4.42 Å². The Morgan fingerprint density at radius 1 is 1.53 bits per heavy atom. The molecule has 0 fully saturated rings. The lowest BCUT2D eigenvalue weighted by molar-refractivity contribution is -0.117. The molecule has 0 spiro atoms. The number of rotatable bonds is 6. The fourth-order valence-corrected chi connectivity index (χ4v) is 1.72. The van der Waals surface area contributed by atoms with Crippen LogP contribution in [0.4, 0.5) is 5.88 Å². The topological polar surface area (TPSA) is 91.7 Å². The maximum atomic E-state index is 11.0. The number of carbonyl (C=O) groups is 1. The monoisotopic (exact) mass is 241 g/mol. The van der Waals surface area contributed by atoms with Crippen molar-refractivity contribution >= 4 is 11.8 Å². The minimum atomic E-state index is -0.399. The summed E-state index contributed by atoms with van der Waals surface area (Å²) in [7, 11) is 3.52. The number of anilines is 1. The highest BCUT2D eigenvalue weighted by molar-refractivity contribution is 5.78. The third-order valence-corrected chi connectivity index (χ3v) is 2.57. The predicted molar refractivity (Wildman–Crippen MR) is 64.4 cm³/mol. The largest absolute Gasteiger partial charge is 0.445 e. The van der Waals surface area contributed by atoms with E-state index in [-0.39, 0.29) is 13.2 Å². The van der Waals surface area contributed by atoms with Crippen LogP contribution in [0, 0.1) is 6.92 Å². The van der Waals surface area contributed by atoms with Crippen molar-refractivity contribution in [3.05, 3.63) is 16.9 Å². The van der Waals surface area contributed by atoms with Crippen molar-refractivity contribution in [2.75, 3.05) is 26.1 Å². The molecule has 0 aliphatic carbocycles. The van der Waals surface area contributed by atoms with Gasteiger partial charge in [-0.05, 0) is 14.0 Å². The van der Waals surface area contributed by atoms with Crippen molar-refractivity contribution in [1.82, 2.24) is 4.90 Å².